The van der Waals surface area contributed by atoms with Gasteiger partial charge >= 0.3 is 17.9 Å². The maximum absolute atomic E-state index is 13.0. The normalized spacial score (nSPS) is 19.2. The number of carbonyl (C=O) groups excluding carboxylic acids is 4. The van der Waals surface area contributed by atoms with Crippen molar-refractivity contribution in [2.75, 3.05) is 31.3 Å². The highest BCUT2D eigenvalue weighted by Gasteiger charge is 2.54. The Kier molecular flexibility index (Phi) is 8.75. The summed E-state index contributed by atoms with van der Waals surface area (Å²) in [6.07, 6.45) is 0. The molecule has 2 atom stereocenters. The summed E-state index contributed by atoms with van der Waals surface area (Å²) in [4.78, 5) is 70.2. The van der Waals surface area contributed by atoms with Crippen LogP contribution in [0.5, 0.6) is 0 Å². The number of nitrogen functional groups attached to an aromatic ring is 1. The lowest BCUT2D eigenvalue weighted by molar-refractivity contribution is -0.150. The van der Waals surface area contributed by atoms with Crippen LogP contribution in [-0.2, 0) is 38.3 Å². The summed E-state index contributed by atoms with van der Waals surface area (Å²) >= 11 is 8.15. The summed E-state index contributed by atoms with van der Waals surface area (Å²) in [6.45, 7) is 2.01. The number of amides is 2. The van der Waals surface area contributed by atoms with Gasteiger partial charge in [0, 0.05) is 18.2 Å². The van der Waals surface area contributed by atoms with Crippen LogP contribution in [0.2, 0.25) is 4.34 Å². The highest BCUT2D eigenvalue weighted by molar-refractivity contribution is 8.00. The van der Waals surface area contributed by atoms with E-state index in [0.717, 1.165) is 16.2 Å². The fraction of sp³-hybridized carbons (Fsp3) is 0.421. The van der Waals surface area contributed by atoms with E-state index in [1.807, 2.05) is 0 Å². The van der Waals surface area contributed by atoms with Gasteiger partial charge in [0.25, 0.3) is 11.8 Å². The Balaban J connectivity index is 1.79. The maximum Gasteiger partial charge on any atom is 0.352 e. The number of anilines is 1. The Morgan fingerprint density at radius 2 is 2.06 bits per heavy atom. The van der Waals surface area contributed by atoms with Gasteiger partial charge in [0.15, 0.2) is 10.8 Å². The monoisotopic (exact) mass is 561 g/mol. The van der Waals surface area contributed by atoms with Crippen LogP contribution in [0.3, 0.4) is 0 Å². The number of nitrogens with two attached hydrogens (primary N) is 1. The zero-order valence-electron chi connectivity index (χ0n) is 18.8. The minimum atomic E-state index is -1.38. The van der Waals surface area contributed by atoms with E-state index in [1.54, 1.807) is 6.92 Å². The molecule has 0 bridgehead atoms. The molecule has 17 heteroatoms. The largest absolute Gasteiger partial charge is 0.477 e. The van der Waals surface area contributed by atoms with Crippen LogP contribution in [0.1, 0.15) is 19.5 Å². The van der Waals surface area contributed by atoms with Crippen molar-refractivity contribution in [2.45, 2.75) is 25.3 Å². The molecule has 0 aromatic carbocycles. The number of carbonyl (C=O) groups is 5. The molecule has 3 heterocycles. The number of thioether (sulfide) groups is 1. The molecule has 0 aliphatic carbocycles. The molecule has 1 saturated heterocycles. The number of fused-ring (bicyclic) bond motifs is 1. The van der Waals surface area contributed by atoms with E-state index in [2.05, 4.69) is 15.5 Å². The number of carboxylic acids is 1. The molecular formula is C19H20ClN5O9S2. The number of β-lactam (4-membered cyclic amide) rings is 1. The molecule has 14 nitrogen and oxygen atoms in total. The van der Waals surface area contributed by atoms with Gasteiger partial charge in [0.1, 0.15) is 33.7 Å². The third kappa shape index (κ3) is 5.88. The van der Waals surface area contributed by atoms with Crippen molar-refractivity contribution in [1.82, 2.24) is 15.2 Å². The number of hydrogen-bond donors (Lipinski definition) is 3. The third-order valence-corrected chi connectivity index (χ3v) is 7.09. The molecule has 36 heavy (non-hydrogen) atoms. The second-order valence-electron chi connectivity index (χ2n) is 7.09. The van der Waals surface area contributed by atoms with Crippen molar-refractivity contribution >= 4 is 75.3 Å². The number of carboxylic acid groups (broad SMARTS) is 1. The third-order valence-electron chi connectivity index (χ3n) is 4.67. The van der Waals surface area contributed by atoms with Crippen molar-refractivity contribution in [2.24, 2.45) is 5.16 Å². The van der Waals surface area contributed by atoms with Crippen molar-refractivity contribution in [3.63, 3.8) is 0 Å². The maximum atomic E-state index is 13.0. The SMILES string of the molecule is CCOC(=O)CON=C(C(=O)N[C@@H]1C(=O)N2C(C(=O)O)=C(COC(C)=O)CS[C@H]12)c1nc(N)sc1Cl. The summed E-state index contributed by atoms with van der Waals surface area (Å²) in [5, 5.41) is 15.1. The molecule has 2 aliphatic rings. The fourth-order valence-electron chi connectivity index (χ4n) is 3.20. The van der Waals surface area contributed by atoms with Crippen LogP contribution < -0.4 is 11.1 Å². The highest BCUT2D eigenvalue weighted by atomic mass is 35.5. The zero-order valence-corrected chi connectivity index (χ0v) is 21.2. The lowest BCUT2D eigenvalue weighted by Crippen LogP contribution is -2.71. The number of aliphatic carboxylic acids is 1. The van der Waals surface area contributed by atoms with Gasteiger partial charge in [-0.3, -0.25) is 19.3 Å². The molecule has 4 N–H and O–H groups in total. The predicted molar refractivity (Wildman–Crippen MR) is 127 cm³/mol. The van der Waals surface area contributed by atoms with Gasteiger partial charge in [0.2, 0.25) is 6.61 Å². The number of ether oxygens (including phenoxy) is 2. The molecule has 0 unspecified atom stereocenters. The Bertz CT molecular complexity index is 1170. The standard InChI is InChI=1S/C19H20ClN5O9S2/c1-3-32-9(27)5-34-24-11(10-14(20)36-19(21)23-10)15(28)22-12-16(29)25-13(18(30)31)8(4-33-7(2)26)6-35-17(12)25/h12,17H,3-6H2,1-2H3,(H2,21,23)(H,22,28)(H,30,31)/t12-,17-/m1/s1. The van der Waals surface area contributed by atoms with Gasteiger partial charge < -0.3 is 30.5 Å². The van der Waals surface area contributed by atoms with Gasteiger partial charge in [-0.05, 0) is 6.92 Å². The van der Waals surface area contributed by atoms with Crippen molar-refractivity contribution < 1.29 is 43.4 Å². The number of nitrogens with one attached hydrogen (secondary N) is 1. The second kappa shape index (κ2) is 11.6. The predicted octanol–water partition coefficient (Wildman–Crippen LogP) is -0.0358. The van der Waals surface area contributed by atoms with E-state index in [-0.39, 0.29) is 45.4 Å². The summed E-state index contributed by atoms with van der Waals surface area (Å²) in [5.41, 5.74) is 5.01. The topological polar surface area (TPSA) is 200 Å². The quantitative estimate of drug-likeness (QED) is 0.149. The average Bonchev–Trinajstić information content (AvgIpc) is 3.15. The van der Waals surface area contributed by atoms with Crippen molar-refractivity contribution in [3.05, 3.63) is 21.3 Å². The molecule has 1 fully saturated rings. The molecular weight excluding hydrogens is 542 g/mol. The van der Waals surface area contributed by atoms with Gasteiger partial charge in [-0.2, -0.15) is 0 Å². The summed E-state index contributed by atoms with van der Waals surface area (Å²) in [6, 6.07) is -1.11. The highest BCUT2D eigenvalue weighted by Crippen LogP contribution is 2.40. The Labute approximate surface area is 216 Å². The molecule has 0 saturated carbocycles. The number of aromatic nitrogens is 1. The molecule has 1 aromatic heterocycles. The number of oxime groups is 1. The van der Waals surface area contributed by atoms with E-state index >= 15 is 0 Å². The first-order chi connectivity index (χ1) is 17.0. The summed E-state index contributed by atoms with van der Waals surface area (Å²) < 4.78 is 9.63. The van der Waals surface area contributed by atoms with E-state index in [1.165, 1.54) is 18.7 Å². The van der Waals surface area contributed by atoms with Crippen LogP contribution in [0.15, 0.2) is 16.4 Å². The van der Waals surface area contributed by atoms with Crippen molar-refractivity contribution in [3.8, 4) is 0 Å². The van der Waals surface area contributed by atoms with Crippen molar-refractivity contribution in [1.29, 1.82) is 0 Å². The van der Waals surface area contributed by atoms with Crippen LogP contribution in [0.25, 0.3) is 0 Å². The minimum absolute atomic E-state index is 0.0148. The molecule has 1 aromatic rings. The number of hydrogen-bond acceptors (Lipinski definition) is 13. The molecule has 0 spiro atoms. The van der Waals surface area contributed by atoms with E-state index in [0.29, 0.717) is 0 Å². The average molecular weight is 562 g/mol. The van der Waals surface area contributed by atoms with Crippen LogP contribution >= 0.6 is 34.7 Å². The molecule has 194 valence electrons. The molecule has 2 aliphatic heterocycles. The zero-order chi connectivity index (χ0) is 26.6. The molecule has 3 rings (SSSR count). The number of rotatable bonds is 10. The van der Waals surface area contributed by atoms with Gasteiger partial charge in [-0.25, -0.2) is 14.6 Å². The number of nitrogens with zero attached hydrogens (tertiary/aromatic N) is 3. The summed E-state index contributed by atoms with van der Waals surface area (Å²) in [7, 11) is 0. The lowest BCUT2D eigenvalue weighted by atomic mass is 10.0. The van der Waals surface area contributed by atoms with E-state index in [4.69, 9.17) is 31.6 Å². The first kappa shape index (κ1) is 27.2. The first-order valence-electron chi connectivity index (χ1n) is 10.2. The number of esters is 2. The Hall–Kier alpha value is -3.37. The minimum Gasteiger partial charge on any atom is -0.477 e. The first-order valence-corrected chi connectivity index (χ1v) is 12.4. The van der Waals surface area contributed by atoms with Gasteiger partial charge in [-0.15, -0.1) is 11.8 Å². The Morgan fingerprint density at radius 3 is 2.64 bits per heavy atom. The van der Waals surface area contributed by atoms with Crippen LogP contribution in [0.4, 0.5) is 5.13 Å². The summed E-state index contributed by atoms with van der Waals surface area (Å²) in [5.74, 6) is -4.18. The Morgan fingerprint density at radius 1 is 1.33 bits per heavy atom. The molecule has 0 radical (unpaired) electrons. The van der Waals surface area contributed by atoms with Gasteiger partial charge in [-0.1, -0.05) is 28.1 Å². The lowest BCUT2D eigenvalue weighted by Gasteiger charge is -2.49. The molecule has 2 amide bonds. The van der Waals surface area contributed by atoms with E-state index in [9.17, 15) is 29.1 Å². The second-order valence-corrected chi connectivity index (χ2v) is 9.83. The number of halogens is 1. The van der Waals surface area contributed by atoms with Crippen LogP contribution in [0, 0.1) is 0 Å². The number of thiazole rings is 1. The smallest absolute Gasteiger partial charge is 0.352 e. The fourth-order valence-corrected chi connectivity index (χ4v) is 5.46. The van der Waals surface area contributed by atoms with Gasteiger partial charge in [0.05, 0.1) is 6.61 Å². The van der Waals surface area contributed by atoms with E-state index < -0.39 is 53.5 Å². The van der Waals surface area contributed by atoms with Crippen LogP contribution in [-0.4, -0.2) is 87.4 Å².